The number of para-hydroxylation sites is 1. The molecule has 0 aliphatic heterocycles. The van der Waals surface area contributed by atoms with E-state index in [0.717, 1.165) is 16.3 Å². The molecule has 0 unspecified atom stereocenters. The number of nitrogens with one attached hydrogen (secondary N) is 1. The number of anilines is 1. The lowest BCUT2D eigenvalue weighted by molar-refractivity contribution is -0.111. The van der Waals surface area contributed by atoms with Gasteiger partial charge in [0.25, 0.3) is 0 Å². The number of thiazole rings is 1. The number of hydrogen-bond donors (Lipinski definition) is 2. The van der Waals surface area contributed by atoms with Crippen molar-refractivity contribution in [2.75, 3.05) is 5.32 Å². The summed E-state index contributed by atoms with van der Waals surface area (Å²) in [5.74, 6) is -0.00879. The fourth-order valence-electron chi connectivity index (χ4n) is 2.70. The van der Waals surface area contributed by atoms with Gasteiger partial charge < -0.3 is 10.1 Å². The lowest BCUT2D eigenvalue weighted by Gasteiger charge is -2.08. The summed E-state index contributed by atoms with van der Waals surface area (Å²) in [7, 11) is -3.64. The minimum absolute atomic E-state index is 0.296. The summed E-state index contributed by atoms with van der Waals surface area (Å²) in [5.41, 5.74) is 2.58. The summed E-state index contributed by atoms with van der Waals surface area (Å²) in [6.45, 7) is 2.28. The summed E-state index contributed by atoms with van der Waals surface area (Å²) in [6, 6.07) is 13.9. The number of nitrogens with two attached hydrogens (primary N) is 1. The van der Waals surface area contributed by atoms with Gasteiger partial charge in [0.2, 0.25) is 15.9 Å². The Balaban J connectivity index is 1.64. The second-order valence-corrected chi connectivity index (χ2v) is 9.19. The third-order valence-corrected chi connectivity index (χ3v) is 5.50. The van der Waals surface area contributed by atoms with E-state index in [4.69, 9.17) is 9.88 Å². The monoisotopic (exact) mass is 443 g/mol. The normalized spacial score (nSPS) is 11.5. The van der Waals surface area contributed by atoms with Crippen LogP contribution >= 0.6 is 11.3 Å². The number of carbonyl (C=O) groups is 1. The Bertz CT molecular complexity index is 1170. The number of hydrogen-bond acceptors (Lipinski definition) is 6. The number of aryl methyl sites for hydroxylation is 1. The molecule has 9 heteroatoms. The van der Waals surface area contributed by atoms with Crippen molar-refractivity contribution in [3.8, 4) is 5.75 Å². The molecule has 3 rings (SSSR count). The maximum absolute atomic E-state index is 12.3. The first-order valence-corrected chi connectivity index (χ1v) is 11.6. The standard InChI is InChI=1S/C21H21N3O4S2/c1-15-23-19(13-29-15)12-28-20-8-3-2-6-17(20)9-10-21(25)24-18-7-4-5-16(11-18)14-30(22,26)27/h2-11,13H,12,14H2,1H3,(H,24,25)(H2,22,26,27)/b10-9+. The van der Waals surface area contributed by atoms with Gasteiger partial charge in [-0.05, 0) is 36.8 Å². The Morgan fingerprint density at radius 2 is 2.03 bits per heavy atom. The van der Waals surface area contributed by atoms with Crippen molar-refractivity contribution in [3.05, 3.63) is 81.8 Å². The average molecular weight is 444 g/mol. The third kappa shape index (κ3) is 6.80. The number of ether oxygens (including phenoxy) is 1. The van der Waals surface area contributed by atoms with E-state index in [9.17, 15) is 13.2 Å². The molecule has 0 bridgehead atoms. The molecule has 0 atom stereocenters. The van der Waals surface area contributed by atoms with Gasteiger partial charge >= 0.3 is 0 Å². The zero-order valence-corrected chi connectivity index (χ0v) is 17.9. The molecule has 1 aromatic heterocycles. The molecule has 30 heavy (non-hydrogen) atoms. The van der Waals surface area contributed by atoms with Crippen LogP contribution in [0.15, 0.2) is 60.0 Å². The fourth-order valence-corrected chi connectivity index (χ4v) is 3.94. The zero-order chi connectivity index (χ0) is 21.6. The third-order valence-electron chi connectivity index (χ3n) is 3.94. The van der Waals surface area contributed by atoms with E-state index in [-0.39, 0.29) is 11.7 Å². The van der Waals surface area contributed by atoms with Gasteiger partial charge in [-0.2, -0.15) is 0 Å². The van der Waals surface area contributed by atoms with Crippen LogP contribution < -0.4 is 15.2 Å². The van der Waals surface area contributed by atoms with E-state index in [1.807, 2.05) is 36.6 Å². The minimum atomic E-state index is -3.64. The van der Waals surface area contributed by atoms with Crippen molar-refractivity contribution in [2.24, 2.45) is 5.14 Å². The van der Waals surface area contributed by atoms with Gasteiger partial charge in [0.05, 0.1) is 16.5 Å². The van der Waals surface area contributed by atoms with Crippen LogP contribution in [0.3, 0.4) is 0 Å². The summed E-state index contributed by atoms with van der Waals surface area (Å²) in [4.78, 5) is 16.7. The molecule has 0 saturated heterocycles. The lowest BCUT2D eigenvalue weighted by Crippen LogP contribution is -2.15. The second-order valence-electron chi connectivity index (χ2n) is 6.51. The van der Waals surface area contributed by atoms with Crippen molar-refractivity contribution in [3.63, 3.8) is 0 Å². The Kier molecular flexibility index (Phi) is 6.99. The molecule has 0 radical (unpaired) electrons. The smallest absolute Gasteiger partial charge is 0.248 e. The van der Waals surface area contributed by atoms with Crippen molar-refractivity contribution >= 4 is 39.0 Å². The van der Waals surface area contributed by atoms with Crippen LogP contribution in [0.4, 0.5) is 5.69 Å². The van der Waals surface area contributed by atoms with Gasteiger partial charge in [-0.1, -0.05) is 30.3 Å². The molecule has 0 aliphatic carbocycles. The highest BCUT2D eigenvalue weighted by Crippen LogP contribution is 2.21. The van der Waals surface area contributed by atoms with Crippen LogP contribution in [-0.2, 0) is 27.2 Å². The Hall–Kier alpha value is -3.01. The fraction of sp³-hybridized carbons (Fsp3) is 0.143. The Morgan fingerprint density at radius 3 is 2.77 bits per heavy atom. The number of benzene rings is 2. The molecule has 156 valence electrons. The predicted octanol–water partition coefficient (Wildman–Crippen LogP) is 3.47. The summed E-state index contributed by atoms with van der Waals surface area (Å²) in [6.07, 6.45) is 3.05. The number of nitrogens with zero attached hydrogens (tertiary/aromatic N) is 1. The van der Waals surface area contributed by atoms with Crippen molar-refractivity contribution < 1.29 is 17.9 Å². The van der Waals surface area contributed by atoms with E-state index < -0.39 is 10.0 Å². The number of primary sulfonamides is 1. The summed E-state index contributed by atoms with van der Waals surface area (Å²) >= 11 is 1.56. The number of aromatic nitrogens is 1. The molecule has 7 nitrogen and oxygen atoms in total. The number of rotatable bonds is 8. The minimum Gasteiger partial charge on any atom is -0.487 e. The van der Waals surface area contributed by atoms with Crippen LogP contribution in [0.25, 0.3) is 6.08 Å². The number of carbonyl (C=O) groups excluding carboxylic acids is 1. The number of amides is 1. The van der Waals surface area contributed by atoms with Gasteiger partial charge in [0.15, 0.2) is 0 Å². The number of sulfonamides is 1. The molecule has 0 saturated carbocycles. The highest BCUT2D eigenvalue weighted by Gasteiger charge is 2.07. The molecular weight excluding hydrogens is 422 g/mol. The van der Waals surface area contributed by atoms with E-state index in [1.165, 1.54) is 6.08 Å². The molecule has 2 aromatic carbocycles. The predicted molar refractivity (Wildman–Crippen MR) is 119 cm³/mol. The molecule has 0 fully saturated rings. The average Bonchev–Trinajstić information content (AvgIpc) is 3.09. The highest BCUT2D eigenvalue weighted by molar-refractivity contribution is 7.88. The molecular formula is C21H21N3O4S2. The molecule has 0 aliphatic rings. The highest BCUT2D eigenvalue weighted by atomic mass is 32.2. The van der Waals surface area contributed by atoms with Crippen LogP contribution in [0.2, 0.25) is 0 Å². The van der Waals surface area contributed by atoms with Crippen LogP contribution in [0.5, 0.6) is 5.75 Å². The van der Waals surface area contributed by atoms with Crippen LogP contribution in [0, 0.1) is 6.92 Å². The molecule has 3 N–H and O–H groups in total. The quantitative estimate of drug-likeness (QED) is 0.518. The van der Waals surface area contributed by atoms with Crippen molar-refractivity contribution in [1.82, 2.24) is 4.98 Å². The topological polar surface area (TPSA) is 111 Å². The SMILES string of the molecule is Cc1nc(COc2ccccc2/C=C/C(=O)Nc2cccc(CS(N)(=O)=O)c2)cs1. The first-order valence-electron chi connectivity index (χ1n) is 9.00. The van der Waals surface area contributed by atoms with Gasteiger partial charge in [0, 0.05) is 22.7 Å². The molecule has 0 spiro atoms. The van der Waals surface area contributed by atoms with E-state index >= 15 is 0 Å². The first kappa shape index (κ1) is 21.7. The van der Waals surface area contributed by atoms with Gasteiger partial charge in [0.1, 0.15) is 12.4 Å². The van der Waals surface area contributed by atoms with Gasteiger partial charge in [-0.3, -0.25) is 4.79 Å². The van der Waals surface area contributed by atoms with Crippen molar-refractivity contribution in [2.45, 2.75) is 19.3 Å². The Morgan fingerprint density at radius 1 is 1.23 bits per heavy atom. The maximum Gasteiger partial charge on any atom is 0.248 e. The Labute approximate surface area is 179 Å². The van der Waals surface area contributed by atoms with E-state index in [0.29, 0.717) is 23.6 Å². The van der Waals surface area contributed by atoms with E-state index in [1.54, 1.807) is 41.7 Å². The summed E-state index contributed by atoms with van der Waals surface area (Å²) in [5, 5.41) is 10.7. The van der Waals surface area contributed by atoms with Crippen LogP contribution in [-0.4, -0.2) is 19.3 Å². The zero-order valence-electron chi connectivity index (χ0n) is 16.2. The van der Waals surface area contributed by atoms with Gasteiger partial charge in [-0.25, -0.2) is 18.5 Å². The first-order chi connectivity index (χ1) is 14.3. The lowest BCUT2D eigenvalue weighted by atomic mass is 10.2. The molecule has 1 heterocycles. The van der Waals surface area contributed by atoms with Crippen LogP contribution in [0.1, 0.15) is 21.8 Å². The largest absolute Gasteiger partial charge is 0.487 e. The van der Waals surface area contributed by atoms with Gasteiger partial charge in [-0.15, -0.1) is 11.3 Å². The maximum atomic E-state index is 12.3. The van der Waals surface area contributed by atoms with Crippen molar-refractivity contribution in [1.29, 1.82) is 0 Å². The second kappa shape index (κ2) is 9.66. The summed E-state index contributed by atoms with van der Waals surface area (Å²) < 4.78 is 28.3. The molecule has 1 amide bonds. The molecule has 3 aromatic rings. The van der Waals surface area contributed by atoms with E-state index in [2.05, 4.69) is 10.3 Å².